The van der Waals surface area contributed by atoms with Gasteiger partial charge in [-0.3, -0.25) is 0 Å². The normalized spacial score (nSPS) is 10.7. The maximum Gasteiger partial charge on any atom is 0.129 e. The average Bonchev–Trinajstić information content (AvgIpc) is 2.31. The largest absolute Gasteiger partial charge is 0.508 e. The van der Waals surface area contributed by atoms with Crippen molar-refractivity contribution in [1.29, 1.82) is 0 Å². The van der Waals surface area contributed by atoms with E-state index in [9.17, 15) is 14.6 Å². The summed E-state index contributed by atoms with van der Waals surface area (Å²) in [6, 6.07) is 8.18. The number of rotatable bonds is 2. The molecule has 0 aromatic heterocycles. The van der Waals surface area contributed by atoms with E-state index in [1.807, 2.05) is 6.92 Å². The van der Waals surface area contributed by atoms with Gasteiger partial charge in [0.2, 0.25) is 0 Å². The Kier molecular flexibility index (Phi) is 3.34. The molecule has 2 aromatic carbocycles. The van der Waals surface area contributed by atoms with Gasteiger partial charge in [-0.25, -0.2) is 4.39 Å². The second-order valence-electron chi connectivity index (χ2n) is 4.36. The van der Waals surface area contributed by atoms with Crippen molar-refractivity contribution < 1.29 is 14.6 Å². The molecular weight excluding hydrogens is 231 g/mol. The Balaban J connectivity index is 2.67. The molecule has 2 nitrogen and oxygen atoms in total. The van der Waals surface area contributed by atoms with E-state index < -0.39 is 0 Å². The average molecular weight is 246 g/mol. The summed E-state index contributed by atoms with van der Waals surface area (Å²) in [7, 11) is 0. The maximum absolute atomic E-state index is 13.7. The molecule has 0 fully saturated rings. The summed E-state index contributed by atoms with van der Waals surface area (Å²) in [6.07, 6.45) is 0. The summed E-state index contributed by atoms with van der Waals surface area (Å²) in [5, 5.41) is 18.5. The number of hydrogen-bond acceptors (Lipinski definition) is 2. The zero-order chi connectivity index (χ0) is 13.3. The van der Waals surface area contributed by atoms with Crippen LogP contribution in [0.1, 0.15) is 16.7 Å². The molecule has 0 unspecified atom stereocenters. The van der Waals surface area contributed by atoms with Crippen molar-refractivity contribution in [3.05, 3.63) is 52.8 Å². The summed E-state index contributed by atoms with van der Waals surface area (Å²) in [5.74, 6) is -0.187. The van der Waals surface area contributed by atoms with Crippen LogP contribution in [0.4, 0.5) is 4.39 Å². The smallest absolute Gasteiger partial charge is 0.129 e. The van der Waals surface area contributed by atoms with E-state index in [1.54, 1.807) is 31.2 Å². The predicted octanol–water partition coefficient (Wildman–Crippen LogP) is 3.31. The molecular formula is C15H15FO2. The lowest BCUT2D eigenvalue weighted by molar-refractivity contribution is 0.275. The van der Waals surface area contributed by atoms with Crippen LogP contribution in [0, 0.1) is 19.7 Å². The molecule has 0 bridgehead atoms. The number of aryl methyl sites for hydroxylation is 1. The summed E-state index contributed by atoms with van der Waals surface area (Å²) >= 11 is 0. The minimum absolute atomic E-state index is 0.193. The first-order chi connectivity index (χ1) is 8.54. The number of hydrogen-bond donors (Lipinski definition) is 2. The fourth-order valence-corrected chi connectivity index (χ4v) is 2.24. The first-order valence-electron chi connectivity index (χ1n) is 5.73. The van der Waals surface area contributed by atoms with Crippen LogP contribution < -0.4 is 0 Å². The maximum atomic E-state index is 13.7. The van der Waals surface area contributed by atoms with Gasteiger partial charge in [0.15, 0.2) is 0 Å². The van der Waals surface area contributed by atoms with Crippen molar-refractivity contribution in [3.63, 3.8) is 0 Å². The third kappa shape index (κ3) is 2.09. The minimum atomic E-state index is -0.380. The van der Waals surface area contributed by atoms with Crippen LogP contribution in [0.2, 0.25) is 0 Å². The second kappa shape index (κ2) is 4.78. The summed E-state index contributed by atoms with van der Waals surface area (Å²) in [6.45, 7) is 3.31. The zero-order valence-electron chi connectivity index (χ0n) is 10.4. The molecule has 0 spiro atoms. The summed E-state index contributed by atoms with van der Waals surface area (Å²) in [4.78, 5) is 0. The van der Waals surface area contributed by atoms with Crippen molar-refractivity contribution in [1.82, 2.24) is 0 Å². The molecule has 3 heteroatoms. The van der Waals surface area contributed by atoms with Crippen LogP contribution in [0.3, 0.4) is 0 Å². The first-order valence-corrected chi connectivity index (χ1v) is 5.73. The Bertz CT molecular complexity index is 574. The van der Waals surface area contributed by atoms with Gasteiger partial charge in [0.1, 0.15) is 11.6 Å². The number of phenolic OH excluding ortho intramolecular Hbond substituents is 1. The third-order valence-electron chi connectivity index (χ3n) is 3.17. The van der Waals surface area contributed by atoms with E-state index in [-0.39, 0.29) is 18.2 Å². The molecule has 0 amide bonds. The molecule has 0 aliphatic rings. The van der Waals surface area contributed by atoms with Gasteiger partial charge < -0.3 is 10.2 Å². The van der Waals surface area contributed by atoms with Crippen LogP contribution in [0.25, 0.3) is 11.1 Å². The number of aliphatic hydroxyl groups is 1. The SMILES string of the molecule is Cc1cc(F)c(CO)c(C)c1-c1ccc(O)cc1. The molecule has 18 heavy (non-hydrogen) atoms. The van der Waals surface area contributed by atoms with E-state index in [4.69, 9.17) is 0 Å². The zero-order valence-corrected chi connectivity index (χ0v) is 10.4. The van der Waals surface area contributed by atoms with Gasteiger partial charge in [-0.15, -0.1) is 0 Å². The number of halogens is 1. The topological polar surface area (TPSA) is 40.5 Å². The van der Waals surface area contributed by atoms with Crippen LogP contribution in [-0.2, 0) is 6.61 Å². The highest BCUT2D eigenvalue weighted by Crippen LogP contribution is 2.32. The molecule has 0 aliphatic carbocycles. The molecule has 94 valence electrons. The van der Waals surface area contributed by atoms with Crippen molar-refractivity contribution in [2.24, 2.45) is 0 Å². The highest BCUT2D eigenvalue weighted by molar-refractivity contribution is 5.72. The first kappa shape index (κ1) is 12.6. The monoisotopic (exact) mass is 246 g/mol. The molecule has 0 heterocycles. The lowest BCUT2D eigenvalue weighted by Crippen LogP contribution is -1.99. The van der Waals surface area contributed by atoms with Crippen LogP contribution in [0.5, 0.6) is 5.75 Å². The van der Waals surface area contributed by atoms with Gasteiger partial charge in [-0.1, -0.05) is 12.1 Å². The van der Waals surface area contributed by atoms with E-state index >= 15 is 0 Å². The molecule has 0 atom stereocenters. The van der Waals surface area contributed by atoms with Gasteiger partial charge >= 0.3 is 0 Å². The van der Waals surface area contributed by atoms with E-state index in [0.29, 0.717) is 5.56 Å². The lowest BCUT2D eigenvalue weighted by atomic mass is 9.92. The number of phenols is 1. The molecule has 0 aliphatic heterocycles. The third-order valence-corrected chi connectivity index (χ3v) is 3.17. The predicted molar refractivity (Wildman–Crippen MR) is 68.9 cm³/mol. The molecule has 0 radical (unpaired) electrons. The minimum Gasteiger partial charge on any atom is -0.508 e. The quantitative estimate of drug-likeness (QED) is 0.853. The van der Waals surface area contributed by atoms with Crippen molar-refractivity contribution in [2.45, 2.75) is 20.5 Å². The van der Waals surface area contributed by atoms with Gasteiger partial charge in [0.05, 0.1) is 6.61 Å². The molecule has 2 N–H and O–H groups in total. The van der Waals surface area contributed by atoms with Gasteiger partial charge in [-0.05, 0) is 54.3 Å². The van der Waals surface area contributed by atoms with Gasteiger partial charge in [-0.2, -0.15) is 0 Å². The molecule has 0 saturated carbocycles. The highest BCUT2D eigenvalue weighted by atomic mass is 19.1. The molecule has 0 saturated heterocycles. The van der Waals surface area contributed by atoms with E-state index in [1.165, 1.54) is 6.07 Å². The van der Waals surface area contributed by atoms with Crippen molar-refractivity contribution in [3.8, 4) is 16.9 Å². The highest BCUT2D eigenvalue weighted by Gasteiger charge is 2.13. The Morgan fingerprint density at radius 1 is 1.11 bits per heavy atom. The Morgan fingerprint density at radius 2 is 1.72 bits per heavy atom. The van der Waals surface area contributed by atoms with Crippen LogP contribution >= 0.6 is 0 Å². The van der Waals surface area contributed by atoms with Gasteiger partial charge in [0, 0.05) is 5.56 Å². The van der Waals surface area contributed by atoms with E-state index in [0.717, 1.165) is 22.3 Å². The molecule has 2 rings (SSSR count). The van der Waals surface area contributed by atoms with Crippen LogP contribution in [-0.4, -0.2) is 10.2 Å². The summed E-state index contributed by atoms with van der Waals surface area (Å²) in [5.41, 5.74) is 3.68. The fraction of sp³-hybridized carbons (Fsp3) is 0.200. The van der Waals surface area contributed by atoms with Crippen molar-refractivity contribution in [2.75, 3.05) is 0 Å². The summed E-state index contributed by atoms with van der Waals surface area (Å²) < 4.78 is 13.7. The number of benzene rings is 2. The second-order valence-corrected chi connectivity index (χ2v) is 4.36. The fourth-order valence-electron chi connectivity index (χ4n) is 2.24. The molecule has 2 aromatic rings. The standard InChI is InChI=1S/C15H15FO2/c1-9-7-14(16)13(8-17)10(2)15(9)11-3-5-12(18)6-4-11/h3-7,17-18H,8H2,1-2H3. The lowest BCUT2D eigenvalue weighted by Gasteiger charge is -2.14. The number of aromatic hydroxyl groups is 1. The van der Waals surface area contributed by atoms with Crippen LogP contribution in [0.15, 0.2) is 30.3 Å². The number of aliphatic hydroxyl groups excluding tert-OH is 1. The Labute approximate surface area is 105 Å². The Hall–Kier alpha value is -1.87. The van der Waals surface area contributed by atoms with Crippen molar-refractivity contribution >= 4 is 0 Å². The van der Waals surface area contributed by atoms with E-state index in [2.05, 4.69) is 0 Å². The van der Waals surface area contributed by atoms with Gasteiger partial charge in [0.25, 0.3) is 0 Å². The Morgan fingerprint density at radius 3 is 2.28 bits per heavy atom.